The lowest BCUT2D eigenvalue weighted by Gasteiger charge is -2.19. The summed E-state index contributed by atoms with van der Waals surface area (Å²) in [7, 11) is 0. The van der Waals surface area contributed by atoms with Gasteiger partial charge in [-0.25, -0.2) is 0 Å². The summed E-state index contributed by atoms with van der Waals surface area (Å²) in [4.78, 5) is 26.3. The van der Waals surface area contributed by atoms with Crippen molar-refractivity contribution in [1.82, 2.24) is 4.90 Å². The van der Waals surface area contributed by atoms with E-state index in [0.717, 1.165) is 11.8 Å². The predicted octanol–water partition coefficient (Wildman–Crippen LogP) is 4.97. The third-order valence-corrected chi connectivity index (χ3v) is 4.94. The van der Waals surface area contributed by atoms with Gasteiger partial charge in [-0.05, 0) is 62.7 Å². The largest absolute Gasteiger partial charge is 0.490 e. The molecule has 0 unspecified atom stereocenters. The Morgan fingerprint density at radius 3 is 2.48 bits per heavy atom. The molecule has 0 saturated carbocycles. The van der Waals surface area contributed by atoms with Gasteiger partial charge in [-0.2, -0.15) is 0 Å². The third kappa shape index (κ3) is 4.30. The molecule has 0 aliphatic carbocycles. The van der Waals surface area contributed by atoms with Crippen molar-refractivity contribution in [2.24, 2.45) is 0 Å². The van der Waals surface area contributed by atoms with E-state index in [-0.39, 0.29) is 17.2 Å². The second-order valence-electron chi connectivity index (χ2n) is 5.50. The summed E-state index contributed by atoms with van der Waals surface area (Å²) >= 11 is 7.24. The first kappa shape index (κ1) is 19.7. The van der Waals surface area contributed by atoms with Crippen molar-refractivity contribution >= 4 is 40.6 Å². The van der Waals surface area contributed by atoms with Crippen molar-refractivity contribution < 1.29 is 19.1 Å². The van der Waals surface area contributed by atoms with Gasteiger partial charge in [0.05, 0.1) is 23.1 Å². The lowest BCUT2D eigenvalue weighted by molar-refractivity contribution is -0.124. The molecule has 0 aromatic heterocycles. The van der Waals surface area contributed by atoms with Gasteiger partial charge in [0.25, 0.3) is 11.1 Å². The summed E-state index contributed by atoms with van der Waals surface area (Å²) in [6.45, 7) is 8.47. The number of carbonyl (C=O) groups excluding carboxylic acids is 2. The first-order valence-electron chi connectivity index (χ1n) is 8.29. The maximum absolute atomic E-state index is 12.5. The molecule has 7 heteroatoms. The lowest BCUT2D eigenvalue weighted by atomic mass is 10.1. The van der Waals surface area contributed by atoms with Crippen LogP contribution < -0.4 is 9.47 Å². The Morgan fingerprint density at radius 2 is 1.88 bits per heavy atom. The molecule has 0 bridgehead atoms. The van der Waals surface area contributed by atoms with Gasteiger partial charge >= 0.3 is 0 Å². The highest BCUT2D eigenvalue weighted by atomic mass is 35.5. The maximum atomic E-state index is 12.5. The van der Waals surface area contributed by atoms with Crippen molar-refractivity contribution in [2.75, 3.05) is 13.2 Å². The molecule has 136 valence electrons. The second kappa shape index (κ2) is 8.63. The Balaban J connectivity index is 2.38. The molecule has 25 heavy (non-hydrogen) atoms. The topological polar surface area (TPSA) is 55.8 Å². The van der Waals surface area contributed by atoms with E-state index in [1.165, 1.54) is 4.90 Å². The highest BCUT2D eigenvalue weighted by molar-refractivity contribution is 8.18. The molecule has 1 aromatic carbocycles. The molecule has 1 atom stereocenters. The Labute approximate surface area is 157 Å². The molecule has 1 saturated heterocycles. The highest BCUT2D eigenvalue weighted by Gasteiger charge is 2.37. The summed E-state index contributed by atoms with van der Waals surface area (Å²) in [5, 5.41) is 0.160. The van der Waals surface area contributed by atoms with E-state index in [1.54, 1.807) is 18.2 Å². The van der Waals surface area contributed by atoms with Crippen LogP contribution >= 0.6 is 23.4 Å². The molecule has 0 N–H and O–H groups in total. The van der Waals surface area contributed by atoms with E-state index in [4.69, 9.17) is 21.1 Å². The van der Waals surface area contributed by atoms with Crippen LogP contribution in [0, 0.1) is 0 Å². The number of benzene rings is 1. The van der Waals surface area contributed by atoms with Gasteiger partial charge in [0.15, 0.2) is 11.5 Å². The molecule has 1 aromatic rings. The smallest absolute Gasteiger partial charge is 0.293 e. The minimum atomic E-state index is -0.271. The molecular formula is C18H22ClNO4S. The molecule has 5 nitrogen and oxygen atoms in total. The summed E-state index contributed by atoms with van der Waals surface area (Å²) < 4.78 is 11.1. The van der Waals surface area contributed by atoms with Crippen LogP contribution in [-0.4, -0.2) is 35.3 Å². The number of hydrogen-bond donors (Lipinski definition) is 0. The Morgan fingerprint density at radius 1 is 1.20 bits per heavy atom. The number of halogens is 1. The first-order chi connectivity index (χ1) is 11.9. The molecular weight excluding hydrogens is 362 g/mol. The van der Waals surface area contributed by atoms with Crippen LogP contribution in [0.4, 0.5) is 4.79 Å². The number of ether oxygens (including phenoxy) is 2. The fourth-order valence-corrected chi connectivity index (χ4v) is 3.62. The number of hydrogen-bond acceptors (Lipinski definition) is 5. The Bertz CT molecular complexity index is 705. The standard InChI is InChI=1S/C18H22ClNO4S/c1-5-11(4)20-17(21)15(25-18(20)22)10-12-8-13(19)16(24-7-3)14(9-12)23-6-2/h8-11H,5-7H2,1-4H3/b15-10+/t11-/m0/s1. The predicted molar refractivity (Wildman–Crippen MR) is 101 cm³/mol. The van der Waals surface area contributed by atoms with Gasteiger partial charge in [-0.3, -0.25) is 14.5 Å². The quantitative estimate of drug-likeness (QED) is 0.622. The van der Waals surface area contributed by atoms with Gasteiger partial charge in [-0.15, -0.1) is 0 Å². The molecule has 0 spiro atoms. The molecule has 1 fully saturated rings. The van der Waals surface area contributed by atoms with Gasteiger partial charge in [0, 0.05) is 6.04 Å². The summed E-state index contributed by atoms with van der Waals surface area (Å²) in [5.74, 6) is 0.729. The molecule has 1 aliphatic heterocycles. The Kier molecular flexibility index (Phi) is 6.79. The lowest BCUT2D eigenvalue weighted by Crippen LogP contribution is -2.36. The number of nitrogens with zero attached hydrogens (tertiary/aromatic N) is 1. The van der Waals surface area contributed by atoms with Crippen LogP contribution in [0.25, 0.3) is 6.08 Å². The van der Waals surface area contributed by atoms with Crippen molar-refractivity contribution in [3.05, 3.63) is 27.6 Å². The minimum absolute atomic E-state index is 0.124. The van der Waals surface area contributed by atoms with E-state index in [9.17, 15) is 9.59 Å². The summed E-state index contributed by atoms with van der Waals surface area (Å²) in [6, 6.07) is 3.34. The van der Waals surface area contributed by atoms with Crippen molar-refractivity contribution in [3.63, 3.8) is 0 Å². The number of rotatable bonds is 7. The van der Waals surface area contributed by atoms with Crippen LogP contribution in [0.1, 0.15) is 39.7 Å². The maximum Gasteiger partial charge on any atom is 0.293 e. The van der Waals surface area contributed by atoms with Gasteiger partial charge in [-0.1, -0.05) is 18.5 Å². The zero-order valence-corrected chi connectivity index (χ0v) is 16.4. The van der Waals surface area contributed by atoms with Gasteiger partial charge in [0.1, 0.15) is 0 Å². The Hall–Kier alpha value is -1.66. The second-order valence-corrected chi connectivity index (χ2v) is 6.91. The van der Waals surface area contributed by atoms with E-state index in [0.29, 0.717) is 46.6 Å². The van der Waals surface area contributed by atoms with E-state index < -0.39 is 0 Å². The fraction of sp³-hybridized carbons (Fsp3) is 0.444. The summed E-state index contributed by atoms with van der Waals surface area (Å²) in [6.07, 6.45) is 2.38. The summed E-state index contributed by atoms with van der Waals surface area (Å²) in [5.41, 5.74) is 0.687. The number of carbonyl (C=O) groups is 2. The van der Waals surface area contributed by atoms with E-state index >= 15 is 0 Å². The molecule has 2 rings (SSSR count). The molecule has 0 radical (unpaired) electrons. The van der Waals surface area contributed by atoms with Crippen LogP contribution in [-0.2, 0) is 4.79 Å². The number of amides is 2. The molecule has 2 amide bonds. The van der Waals surface area contributed by atoms with Crippen molar-refractivity contribution in [3.8, 4) is 11.5 Å². The third-order valence-electron chi connectivity index (χ3n) is 3.77. The van der Waals surface area contributed by atoms with Gasteiger partial charge in [0.2, 0.25) is 0 Å². The van der Waals surface area contributed by atoms with Crippen LogP contribution in [0.5, 0.6) is 11.5 Å². The molecule has 1 aliphatic rings. The van der Waals surface area contributed by atoms with Crippen molar-refractivity contribution in [2.45, 2.75) is 40.2 Å². The minimum Gasteiger partial charge on any atom is -0.490 e. The highest BCUT2D eigenvalue weighted by Crippen LogP contribution is 2.39. The number of imide groups is 1. The zero-order chi connectivity index (χ0) is 18.6. The van der Waals surface area contributed by atoms with Crippen LogP contribution in [0.3, 0.4) is 0 Å². The first-order valence-corrected chi connectivity index (χ1v) is 9.48. The fourth-order valence-electron chi connectivity index (χ4n) is 2.41. The van der Waals surface area contributed by atoms with Gasteiger partial charge < -0.3 is 9.47 Å². The SMILES string of the molecule is CCOc1cc(/C=C2/SC(=O)N([C@@H](C)CC)C2=O)cc(Cl)c1OCC. The average molecular weight is 384 g/mol. The van der Waals surface area contributed by atoms with E-state index in [1.807, 2.05) is 27.7 Å². The van der Waals surface area contributed by atoms with E-state index in [2.05, 4.69) is 0 Å². The normalized spacial score (nSPS) is 17.3. The zero-order valence-electron chi connectivity index (χ0n) is 14.8. The van der Waals surface area contributed by atoms with Crippen LogP contribution in [0.15, 0.2) is 17.0 Å². The average Bonchev–Trinajstić information content (AvgIpc) is 2.84. The monoisotopic (exact) mass is 383 g/mol. The molecule has 1 heterocycles. The van der Waals surface area contributed by atoms with Crippen LogP contribution in [0.2, 0.25) is 5.02 Å². The number of thioether (sulfide) groups is 1. The van der Waals surface area contributed by atoms with Crippen molar-refractivity contribution in [1.29, 1.82) is 0 Å².